The van der Waals surface area contributed by atoms with Crippen molar-refractivity contribution in [3.05, 3.63) is 26.4 Å². The number of anilines is 1. The summed E-state index contributed by atoms with van der Waals surface area (Å²) in [4.78, 5) is 26.6. The first-order valence-corrected chi connectivity index (χ1v) is 8.43. The van der Waals surface area contributed by atoms with Crippen LogP contribution >= 0.6 is 0 Å². The Labute approximate surface area is 147 Å². The van der Waals surface area contributed by atoms with Gasteiger partial charge in [-0.3, -0.25) is 18.8 Å². The predicted molar refractivity (Wildman–Crippen MR) is 95.8 cm³/mol. The van der Waals surface area contributed by atoms with Gasteiger partial charge in [0.25, 0.3) is 5.56 Å². The molecule has 8 heteroatoms. The molecule has 0 radical (unpaired) electrons. The van der Waals surface area contributed by atoms with E-state index in [0.717, 1.165) is 17.7 Å². The van der Waals surface area contributed by atoms with Crippen molar-refractivity contribution in [1.82, 2.24) is 14.0 Å². The van der Waals surface area contributed by atoms with E-state index in [4.69, 9.17) is 4.74 Å². The number of nitrogens with zero attached hydrogens (tertiary/aromatic N) is 4. The Bertz CT molecular complexity index is 792. The van der Waals surface area contributed by atoms with Gasteiger partial charge in [-0.05, 0) is 27.7 Å². The average molecular weight is 349 g/mol. The zero-order valence-electron chi connectivity index (χ0n) is 15.8. The molecule has 1 N–H and O–H groups in total. The van der Waals surface area contributed by atoms with E-state index in [0.29, 0.717) is 6.54 Å². The van der Waals surface area contributed by atoms with Gasteiger partial charge in [0.05, 0.1) is 12.2 Å². The van der Waals surface area contributed by atoms with Gasteiger partial charge in [-0.1, -0.05) is 0 Å². The van der Waals surface area contributed by atoms with Crippen LogP contribution in [0.1, 0.15) is 33.3 Å². The fourth-order valence-electron chi connectivity index (χ4n) is 3.24. The summed E-state index contributed by atoms with van der Waals surface area (Å²) in [5, 5.41) is 12.5. The van der Waals surface area contributed by atoms with Gasteiger partial charge in [-0.15, -0.1) is 0 Å². The Hall–Kier alpha value is -2.11. The van der Waals surface area contributed by atoms with E-state index in [1.54, 1.807) is 7.05 Å². The molecule has 1 fully saturated rings. The number of nitriles is 1. The summed E-state index contributed by atoms with van der Waals surface area (Å²) in [7, 11) is 2.92. The van der Waals surface area contributed by atoms with Gasteiger partial charge in [0.1, 0.15) is 11.9 Å². The molecule has 8 nitrogen and oxygen atoms in total. The minimum absolute atomic E-state index is 0.0517. The summed E-state index contributed by atoms with van der Waals surface area (Å²) in [5.41, 5.74) is -1.34. The largest absolute Gasteiger partial charge is 0.373 e. The minimum Gasteiger partial charge on any atom is -0.373 e. The van der Waals surface area contributed by atoms with Gasteiger partial charge in [0.15, 0.2) is 5.56 Å². The van der Waals surface area contributed by atoms with E-state index in [-0.39, 0.29) is 29.1 Å². The zero-order chi connectivity index (χ0) is 18.9. The summed E-state index contributed by atoms with van der Waals surface area (Å²) < 4.78 is 8.03. The van der Waals surface area contributed by atoms with Crippen LogP contribution in [0.5, 0.6) is 0 Å². The second kappa shape index (κ2) is 7.02. The summed E-state index contributed by atoms with van der Waals surface area (Å²) in [6.45, 7) is 10.4. The van der Waals surface area contributed by atoms with Crippen LogP contribution in [0, 0.1) is 11.3 Å². The molecule has 0 saturated carbocycles. The molecule has 0 aromatic carbocycles. The van der Waals surface area contributed by atoms with Crippen molar-refractivity contribution in [1.29, 1.82) is 5.26 Å². The van der Waals surface area contributed by atoms with Crippen molar-refractivity contribution in [2.45, 2.75) is 45.4 Å². The van der Waals surface area contributed by atoms with Crippen molar-refractivity contribution in [2.24, 2.45) is 14.1 Å². The lowest BCUT2D eigenvalue weighted by Crippen LogP contribution is -2.57. The predicted octanol–water partition coefficient (Wildman–Crippen LogP) is 0.255. The quantitative estimate of drug-likeness (QED) is 0.838. The lowest BCUT2D eigenvalue weighted by Gasteiger charge is -2.45. The number of rotatable bonds is 4. The Kier molecular flexibility index (Phi) is 5.40. The smallest absolute Gasteiger partial charge is 0.332 e. The highest BCUT2D eigenvalue weighted by molar-refractivity contribution is 5.51. The Morgan fingerprint density at radius 3 is 2.28 bits per heavy atom. The van der Waals surface area contributed by atoms with Crippen molar-refractivity contribution in [3.63, 3.8) is 0 Å². The fraction of sp³-hybridized carbons (Fsp3) is 0.706. The van der Waals surface area contributed by atoms with E-state index < -0.39 is 11.2 Å². The average Bonchev–Trinajstić information content (AvgIpc) is 2.54. The van der Waals surface area contributed by atoms with E-state index in [1.807, 2.05) is 19.9 Å². The Morgan fingerprint density at radius 2 is 1.76 bits per heavy atom. The van der Waals surface area contributed by atoms with Gasteiger partial charge in [-0.25, -0.2) is 4.79 Å². The molecular formula is C17H27N5O3. The molecule has 25 heavy (non-hydrogen) atoms. The monoisotopic (exact) mass is 349 g/mol. The van der Waals surface area contributed by atoms with Crippen molar-refractivity contribution in [2.75, 3.05) is 25.0 Å². The lowest BCUT2D eigenvalue weighted by atomic mass is 10.00. The number of aromatic nitrogens is 2. The molecule has 0 unspecified atom stereocenters. The lowest BCUT2D eigenvalue weighted by molar-refractivity contribution is -0.0933. The maximum Gasteiger partial charge on any atom is 0.332 e. The molecule has 0 bridgehead atoms. The Balaban J connectivity index is 2.28. The molecule has 138 valence electrons. The molecule has 1 aromatic heterocycles. The molecule has 1 saturated heterocycles. The van der Waals surface area contributed by atoms with Crippen LogP contribution in [0.2, 0.25) is 0 Å². The maximum atomic E-state index is 12.2. The standard InChI is InChI=1S/C17H27N5O3/c1-11-8-22(9-12(2)25-11)17(3,4)10-19-14-13(7-18)15(23)21(6)16(24)20(14)5/h11-12,19H,8-10H2,1-6H3/t11-,12+. The molecule has 0 aliphatic carbocycles. The van der Waals surface area contributed by atoms with Gasteiger partial charge in [-0.2, -0.15) is 5.26 Å². The van der Waals surface area contributed by atoms with Crippen LogP contribution in [-0.4, -0.2) is 51.4 Å². The first kappa shape index (κ1) is 19.2. The minimum atomic E-state index is -0.584. The zero-order valence-corrected chi connectivity index (χ0v) is 15.8. The van der Waals surface area contributed by atoms with Crippen molar-refractivity contribution < 1.29 is 4.74 Å². The van der Waals surface area contributed by atoms with Gasteiger partial charge in [0, 0.05) is 39.3 Å². The summed E-state index contributed by atoms with van der Waals surface area (Å²) in [6.07, 6.45) is 0.289. The Morgan fingerprint density at radius 1 is 1.20 bits per heavy atom. The molecule has 1 aromatic rings. The number of hydrogen-bond acceptors (Lipinski definition) is 6. The SMILES string of the molecule is C[C@@H]1CN(C(C)(C)CNc2c(C#N)c(=O)n(C)c(=O)n2C)C[C@H](C)O1. The van der Waals surface area contributed by atoms with Crippen LogP contribution < -0.4 is 16.6 Å². The normalized spacial score (nSPS) is 21.8. The molecule has 2 atom stereocenters. The molecule has 0 spiro atoms. The van der Waals surface area contributed by atoms with E-state index in [1.165, 1.54) is 11.6 Å². The van der Waals surface area contributed by atoms with Crippen LogP contribution in [0.4, 0.5) is 5.82 Å². The highest BCUT2D eigenvalue weighted by atomic mass is 16.5. The summed E-state index contributed by atoms with van der Waals surface area (Å²) in [5.74, 6) is 0.262. The van der Waals surface area contributed by atoms with Gasteiger partial charge >= 0.3 is 5.69 Å². The van der Waals surface area contributed by atoms with E-state index in [2.05, 4.69) is 24.1 Å². The number of ether oxygens (including phenoxy) is 1. The third-order valence-electron chi connectivity index (χ3n) is 4.74. The molecule has 1 aliphatic rings. The highest BCUT2D eigenvalue weighted by Gasteiger charge is 2.33. The van der Waals surface area contributed by atoms with Gasteiger partial charge in [0.2, 0.25) is 0 Å². The van der Waals surface area contributed by atoms with Crippen molar-refractivity contribution in [3.8, 4) is 6.07 Å². The summed E-state index contributed by atoms with van der Waals surface area (Å²) in [6, 6.07) is 1.91. The topological polar surface area (TPSA) is 92.3 Å². The maximum absolute atomic E-state index is 12.2. The molecule has 0 amide bonds. The van der Waals surface area contributed by atoms with E-state index >= 15 is 0 Å². The van der Waals surface area contributed by atoms with Crippen LogP contribution in [0.3, 0.4) is 0 Å². The summed E-state index contributed by atoms with van der Waals surface area (Å²) >= 11 is 0. The highest BCUT2D eigenvalue weighted by Crippen LogP contribution is 2.22. The molecule has 2 rings (SSSR count). The van der Waals surface area contributed by atoms with Crippen LogP contribution in [0.25, 0.3) is 0 Å². The second-order valence-electron chi connectivity index (χ2n) is 7.37. The van der Waals surface area contributed by atoms with Crippen molar-refractivity contribution >= 4 is 5.82 Å². The molecule has 1 aliphatic heterocycles. The molecule has 2 heterocycles. The van der Waals surface area contributed by atoms with Crippen LogP contribution in [-0.2, 0) is 18.8 Å². The third-order valence-corrected chi connectivity index (χ3v) is 4.74. The second-order valence-corrected chi connectivity index (χ2v) is 7.37. The van der Waals surface area contributed by atoms with E-state index in [9.17, 15) is 14.9 Å². The van der Waals surface area contributed by atoms with Gasteiger partial charge < -0.3 is 10.1 Å². The number of morpholine rings is 1. The first-order chi connectivity index (χ1) is 11.6. The number of hydrogen-bond donors (Lipinski definition) is 1. The third kappa shape index (κ3) is 3.78. The van der Waals surface area contributed by atoms with Crippen LogP contribution in [0.15, 0.2) is 9.59 Å². The molecular weight excluding hydrogens is 322 g/mol. The fourth-order valence-corrected chi connectivity index (χ4v) is 3.24. The number of nitrogens with one attached hydrogen (secondary N) is 1. The first-order valence-electron chi connectivity index (χ1n) is 8.43.